The Hall–Kier alpha value is -2.01. The minimum atomic E-state index is -3.58. The number of hydrogen-bond acceptors (Lipinski definition) is 2. The first-order valence-electron chi connectivity index (χ1n) is 7.23. The fourth-order valence-corrected chi connectivity index (χ4v) is 4.01. The highest BCUT2D eigenvalue weighted by Gasteiger charge is 2.20. The van der Waals surface area contributed by atoms with Crippen LogP contribution in [0.4, 0.5) is 0 Å². The smallest absolute Gasteiger partial charge is 0.241 e. The van der Waals surface area contributed by atoms with Crippen LogP contribution in [0.1, 0.15) is 11.1 Å². The quantitative estimate of drug-likeness (QED) is 0.693. The summed E-state index contributed by atoms with van der Waals surface area (Å²) in [6, 6.07) is 14.6. The molecule has 1 heterocycles. The third-order valence-corrected chi connectivity index (χ3v) is 5.45. The molecule has 111 valence electrons. The summed E-state index contributed by atoms with van der Waals surface area (Å²) in [7, 11) is -1.54. The summed E-state index contributed by atoms with van der Waals surface area (Å²) in [6.07, 6.45) is 2.48. The van der Waals surface area contributed by atoms with Gasteiger partial charge in [0.05, 0.1) is 10.4 Å². The number of aryl methyl sites for hydroxylation is 1. The lowest BCUT2D eigenvalue weighted by Crippen LogP contribution is -2.11. The number of rotatable bonds is 4. The third-order valence-electron chi connectivity index (χ3n) is 3.76. The molecule has 0 N–H and O–H groups in total. The molecule has 2 aromatic carbocycles. The second kappa shape index (κ2) is 5.65. The van der Waals surface area contributed by atoms with Gasteiger partial charge in [-0.3, -0.25) is 0 Å². The van der Waals surface area contributed by atoms with Crippen LogP contribution in [0, 0.1) is 6.92 Å². The van der Waals surface area contributed by atoms with Crippen LogP contribution in [-0.4, -0.2) is 19.7 Å². The third kappa shape index (κ3) is 2.46. The largest absolute Gasteiger partial charge is 0.268 e. The maximum absolute atomic E-state index is 12.9. The second-order valence-electron chi connectivity index (χ2n) is 5.40. The number of para-hydroxylation sites is 1. The first-order valence-corrected chi connectivity index (χ1v) is 8.67. The lowest BCUT2D eigenvalue weighted by Gasteiger charge is -2.07. The van der Waals surface area contributed by atoms with Crippen molar-refractivity contribution in [2.24, 2.45) is 0 Å². The zero-order valence-corrected chi connectivity index (χ0v) is 13.5. The van der Waals surface area contributed by atoms with Crippen LogP contribution in [0.2, 0.25) is 6.82 Å². The summed E-state index contributed by atoms with van der Waals surface area (Å²) in [6.45, 7) is 3.91. The molecule has 1 radical (unpaired) electrons. The molecule has 1 aromatic heterocycles. The first-order chi connectivity index (χ1) is 10.5. The number of benzene rings is 2. The summed E-state index contributed by atoms with van der Waals surface area (Å²) >= 11 is 0. The van der Waals surface area contributed by atoms with Crippen molar-refractivity contribution >= 4 is 28.2 Å². The van der Waals surface area contributed by atoms with Crippen molar-refractivity contribution < 1.29 is 8.42 Å². The van der Waals surface area contributed by atoms with E-state index >= 15 is 0 Å². The van der Waals surface area contributed by atoms with E-state index in [0.29, 0.717) is 4.90 Å². The number of nitrogens with zero attached hydrogens (tertiary/aromatic N) is 1. The summed E-state index contributed by atoms with van der Waals surface area (Å²) in [5.74, 6) is 0. The standard InChI is InChI=1S/C17H17BNO2S/c1-13-7-9-15(10-8-13)22(20,21)19-12-14(11-18-2)16-5-3-4-6-17(16)19/h3-10,12H,11H2,1-2H3. The maximum Gasteiger partial charge on any atom is 0.268 e. The minimum absolute atomic E-state index is 0.311. The fraction of sp³-hybridized carbons (Fsp3) is 0.176. The van der Waals surface area contributed by atoms with Crippen molar-refractivity contribution in [2.45, 2.75) is 25.0 Å². The van der Waals surface area contributed by atoms with Crippen molar-refractivity contribution in [3.8, 4) is 0 Å². The van der Waals surface area contributed by atoms with Gasteiger partial charge in [-0.2, -0.15) is 0 Å². The predicted octanol–water partition coefficient (Wildman–Crippen LogP) is 3.44. The summed E-state index contributed by atoms with van der Waals surface area (Å²) < 4.78 is 27.3. The average molecular weight is 310 g/mol. The number of hydrogen-bond donors (Lipinski definition) is 0. The summed E-state index contributed by atoms with van der Waals surface area (Å²) in [5.41, 5.74) is 2.78. The van der Waals surface area contributed by atoms with Crippen molar-refractivity contribution in [2.75, 3.05) is 0 Å². The topological polar surface area (TPSA) is 39.1 Å². The Morgan fingerprint density at radius 3 is 2.41 bits per heavy atom. The zero-order valence-electron chi connectivity index (χ0n) is 12.7. The van der Waals surface area contributed by atoms with Crippen molar-refractivity contribution in [1.82, 2.24) is 3.97 Å². The van der Waals surface area contributed by atoms with Gasteiger partial charge < -0.3 is 0 Å². The van der Waals surface area contributed by atoms with Crippen molar-refractivity contribution in [3.05, 3.63) is 65.9 Å². The van der Waals surface area contributed by atoms with E-state index in [1.807, 2.05) is 57.4 Å². The SMILES string of the molecule is C[B]Cc1cn(S(=O)(=O)c2ccc(C)cc2)c2ccccc12. The van der Waals surface area contributed by atoms with Crippen LogP contribution in [0.25, 0.3) is 10.9 Å². The van der Waals surface area contributed by atoms with Gasteiger partial charge >= 0.3 is 0 Å². The molecule has 3 nitrogen and oxygen atoms in total. The molecular weight excluding hydrogens is 293 g/mol. The normalized spacial score (nSPS) is 11.7. The summed E-state index contributed by atoms with van der Waals surface area (Å²) in [4.78, 5) is 0.311. The van der Waals surface area contributed by atoms with Gasteiger partial charge in [-0.15, -0.1) is 0 Å². The molecule has 5 heteroatoms. The first kappa shape index (κ1) is 14.9. The summed E-state index contributed by atoms with van der Waals surface area (Å²) in [5, 5.41) is 0.983. The molecule has 3 rings (SSSR count). The minimum Gasteiger partial charge on any atom is -0.241 e. The van der Waals surface area contributed by atoms with Crippen LogP contribution >= 0.6 is 0 Å². The Morgan fingerprint density at radius 2 is 1.73 bits per heavy atom. The lowest BCUT2D eigenvalue weighted by molar-refractivity contribution is 0.589. The molecule has 0 saturated heterocycles. The maximum atomic E-state index is 12.9. The van der Waals surface area contributed by atoms with Crippen LogP contribution in [0.3, 0.4) is 0 Å². The molecule has 0 bridgehead atoms. The Kier molecular flexibility index (Phi) is 3.83. The van der Waals surface area contributed by atoms with Crippen molar-refractivity contribution in [3.63, 3.8) is 0 Å². The van der Waals surface area contributed by atoms with Gasteiger partial charge in [0.25, 0.3) is 10.0 Å². The Morgan fingerprint density at radius 1 is 1.05 bits per heavy atom. The molecular formula is C17H17BNO2S. The molecule has 0 fully saturated rings. The highest BCUT2D eigenvalue weighted by Crippen LogP contribution is 2.26. The van der Waals surface area contributed by atoms with Gasteiger partial charge in [-0.1, -0.05) is 49.0 Å². The molecule has 0 aliphatic heterocycles. The molecule has 22 heavy (non-hydrogen) atoms. The van der Waals surface area contributed by atoms with Gasteiger partial charge in [0.15, 0.2) is 0 Å². The molecule has 0 atom stereocenters. The fourth-order valence-electron chi connectivity index (χ4n) is 2.62. The molecule has 0 saturated carbocycles. The van der Waals surface area contributed by atoms with E-state index < -0.39 is 10.0 Å². The van der Waals surface area contributed by atoms with Crippen LogP contribution in [0.15, 0.2) is 59.6 Å². The molecule has 0 aliphatic carbocycles. The van der Waals surface area contributed by atoms with E-state index in [2.05, 4.69) is 0 Å². The van der Waals surface area contributed by atoms with Gasteiger partial charge in [0.2, 0.25) is 0 Å². The highest BCUT2D eigenvalue weighted by molar-refractivity contribution is 7.90. The molecule has 0 spiro atoms. The van der Waals surface area contributed by atoms with E-state index in [9.17, 15) is 8.42 Å². The molecule has 3 aromatic rings. The lowest BCUT2D eigenvalue weighted by atomic mass is 9.75. The van der Waals surface area contributed by atoms with Gasteiger partial charge in [0, 0.05) is 11.6 Å². The van der Waals surface area contributed by atoms with Gasteiger partial charge in [-0.25, -0.2) is 12.4 Å². The molecule has 0 aliphatic rings. The van der Waals surface area contributed by atoms with Crippen LogP contribution in [0.5, 0.6) is 0 Å². The van der Waals surface area contributed by atoms with E-state index in [0.717, 1.165) is 28.4 Å². The number of aromatic nitrogens is 1. The molecule has 0 unspecified atom stereocenters. The second-order valence-corrected chi connectivity index (χ2v) is 7.21. The van der Waals surface area contributed by atoms with Crippen LogP contribution < -0.4 is 0 Å². The van der Waals surface area contributed by atoms with Crippen molar-refractivity contribution in [1.29, 1.82) is 0 Å². The van der Waals surface area contributed by atoms with E-state index in [1.54, 1.807) is 18.3 Å². The molecule has 0 amide bonds. The van der Waals surface area contributed by atoms with E-state index in [-0.39, 0.29) is 0 Å². The van der Waals surface area contributed by atoms with Crippen LogP contribution in [-0.2, 0) is 16.3 Å². The number of fused-ring (bicyclic) bond motifs is 1. The zero-order chi connectivity index (χ0) is 15.7. The monoisotopic (exact) mass is 310 g/mol. The Bertz CT molecular complexity index is 911. The van der Waals surface area contributed by atoms with E-state index in [4.69, 9.17) is 0 Å². The van der Waals surface area contributed by atoms with Gasteiger partial charge in [0.1, 0.15) is 7.28 Å². The average Bonchev–Trinajstić information content (AvgIpc) is 2.88. The Balaban J connectivity index is 2.23. The Labute approximate surface area is 131 Å². The predicted molar refractivity (Wildman–Crippen MR) is 91.0 cm³/mol. The van der Waals surface area contributed by atoms with Gasteiger partial charge in [-0.05, 0) is 30.7 Å². The van der Waals surface area contributed by atoms with E-state index in [1.165, 1.54) is 3.97 Å². The highest BCUT2D eigenvalue weighted by atomic mass is 32.2.